The summed E-state index contributed by atoms with van der Waals surface area (Å²) in [7, 11) is 5.56. The van der Waals surface area contributed by atoms with Gasteiger partial charge >= 0.3 is 5.97 Å². The molecular formula is C22H24N6O3. The third-order valence-corrected chi connectivity index (χ3v) is 5.19. The van der Waals surface area contributed by atoms with Crippen molar-refractivity contribution in [1.82, 2.24) is 20.2 Å². The zero-order valence-corrected chi connectivity index (χ0v) is 17.9. The van der Waals surface area contributed by atoms with Crippen molar-refractivity contribution in [3.05, 3.63) is 70.9 Å². The number of aromatic nitrogens is 4. The maximum atomic E-state index is 13.2. The van der Waals surface area contributed by atoms with Gasteiger partial charge in [0.2, 0.25) is 5.95 Å². The molecular weight excluding hydrogens is 396 g/mol. The molecule has 0 aliphatic carbocycles. The van der Waals surface area contributed by atoms with Gasteiger partial charge in [0.15, 0.2) is 0 Å². The van der Waals surface area contributed by atoms with Crippen molar-refractivity contribution in [2.45, 2.75) is 19.6 Å². The molecule has 1 aromatic heterocycles. The lowest BCUT2D eigenvalue weighted by molar-refractivity contribution is -0.140. The number of tetrazole rings is 1. The van der Waals surface area contributed by atoms with Crippen molar-refractivity contribution in [2.75, 3.05) is 31.4 Å². The molecule has 0 bridgehead atoms. The van der Waals surface area contributed by atoms with Gasteiger partial charge in [0.1, 0.15) is 18.4 Å². The first-order valence-electron chi connectivity index (χ1n) is 9.81. The molecule has 1 N–H and O–H groups in total. The van der Waals surface area contributed by atoms with E-state index in [-0.39, 0.29) is 6.61 Å². The highest BCUT2D eigenvalue weighted by Crippen LogP contribution is 2.35. The lowest BCUT2D eigenvalue weighted by Gasteiger charge is -2.27. The number of hydrogen-bond acceptors (Lipinski definition) is 8. The van der Waals surface area contributed by atoms with Crippen LogP contribution in [0.25, 0.3) is 0 Å². The number of carbonyl (C=O) groups is 1. The van der Waals surface area contributed by atoms with E-state index in [2.05, 4.69) is 20.8 Å². The Morgan fingerprint density at radius 3 is 2.48 bits per heavy atom. The maximum Gasteiger partial charge on any atom is 0.338 e. The Morgan fingerprint density at radius 2 is 1.84 bits per heavy atom. The highest BCUT2D eigenvalue weighted by atomic mass is 16.5. The number of ether oxygens (including phenoxy) is 2. The van der Waals surface area contributed by atoms with E-state index in [0.29, 0.717) is 17.2 Å². The molecule has 9 nitrogen and oxygen atoms in total. The largest absolute Gasteiger partial charge is 0.497 e. The fourth-order valence-corrected chi connectivity index (χ4v) is 3.49. The van der Waals surface area contributed by atoms with Crippen LogP contribution in [-0.4, -0.2) is 47.4 Å². The van der Waals surface area contributed by atoms with Gasteiger partial charge in [-0.2, -0.15) is 4.68 Å². The molecule has 31 heavy (non-hydrogen) atoms. The molecule has 1 aliphatic rings. The summed E-state index contributed by atoms with van der Waals surface area (Å²) in [5.74, 6) is 0.798. The summed E-state index contributed by atoms with van der Waals surface area (Å²) in [4.78, 5) is 15.2. The molecule has 2 aromatic carbocycles. The number of benzene rings is 2. The Labute approximate surface area is 180 Å². The van der Waals surface area contributed by atoms with Gasteiger partial charge in [-0.15, -0.1) is 0 Å². The monoisotopic (exact) mass is 420 g/mol. The molecule has 0 unspecified atom stereocenters. The number of rotatable bonds is 6. The first kappa shape index (κ1) is 20.4. The van der Waals surface area contributed by atoms with Gasteiger partial charge in [0.25, 0.3) is 0 Å². The van der Waals surface area contributed by atoms with Crippen molar-refractivity contribution in [1.29, 1.82) is 0 Å². The SMILES string of the molecule is COc1ccc(COC(=O)C2=C(C)Nc3nnnn3[C@H]2c2ccc(N(C)C)cc2)cc1. The van der Waals surface area contributed by atoms with Gasteiger partial charge in [-0.05, 0) is 52.7 Å². The average Bonchev–Trinajstić information content (AvgIpc) is 3.25. The number of hydrogen-bond donors (Lipinski definition) is 1. The topological polar surface area (TPSA) is 94.4 Å². The fraction of sp³-hybridized carbons (Fsp3) is 0.273. The van der Waals surface area contributed by atoms with Crippen LogP contribution in [0.5, 0.6) is 5.75 Å². The summed E-state index contributed by atoms with van der Waals surface area (Å²) < 4.78 is 12.4. The van der Waals surface area contributed by atoms with Crippen LogP contribution in [0.4, 0.5) is 11.6 Å². The highest BCUT2D eigenvalue weighted by Gasteiger charge is 2.35. The van der Waals surface area contributed by atoms with E-state index in [0.717, 1.165) is 22.6 Å². The van der Waals surface area contributed by atoms with E-state index < -0.39 is 12.0 Å². The van der Waals surface area contributed by atoms with Crippen LogP contribution in [-0.2, 0) is 16.1 Å². The summed E-state index contributed by atoms with van der Waals surface area (Å²) in [6.45, 7) is 1.97. The Bertz CT molecular complexity index is 1100. The predicted octanol–water partition coefficient (Wildman–Crippen LogP) is 2.78. The number of methoxy groups -OCH3 is 1. The van der Waals surface area contributed by atoms with Gasteiger partial charge in [-0.1, -0.05) is 29.4 Å². The quantitative estimate of drug-likeness (QED) is 0.609. The van der Waals surface area contributed by atoms with Crippen molar-refractivity contribution < 1.29 is 14.3 Å². The van der Waals surface area contributed by atoms with Gasteiger partial charge in [0, 0.05) is 25.5 Å². The number of esters is 1. The van der Waals surface area contributed by atoms with Crippen molar-refractivity contribution in [3.63, 3.8) is 0 Å². The van der Waals surface area contributed by atoms with Crippen LogP contribution in [0, 0.1) is 0 Å². The number of allylic oxidation sites excluding steroid dienone is 1. The second-order valence-electron chi connectivity index (χ2n) is 7.42. The molecule has 0 saturated carbocycles. The first-order valence-corrected chi connectivity index (χ1v) is 9.81. The summed E-state index contributed by atoms with van der Waals surface area (Å²) >= 11 is 0. The number of fused-ring (bicyclic) bond motifs is 1. The molecule has 0 saturated heterocycles. The molecule has 9 heteroatoms. The third-order valence-electron chi connectivity index (χ3n) is 5.19. The molecule has 1 atom stereocenters. The molecule has 160 valence electrons. The molecule has 4 rings (SSSR count). The van der Waals surface area contributed by atoms with E-state index >= 15 is 0 Å². The summed E-state index contributed by atoms with van der Waals surface area (Å²) in [6.07, 6.45) is 0. The number of nitrogens with one attached hydrogen (secondary N) is 1. The standard InChI is InChI=1S/C22H24N6O3/c1-14-19(21(29)31-13-15-5-11-18(30-4)12-6-15)20(28-22(23-14)24-25-26-28)16-7-9-17(10-8-16)27(2)3/h5-12,20H,13H2,1-4H3,(H,23,24,26)/t20-/m0/s1. The van der Waals surface area contributed by atoms with Crippen LogP contribution in [0.15, 0.2) is 59.8 Å². The van der Waals surface area contributed by atoms with Crippen LogP contribution < -0.4 is 15.0 Å². The normalized spacial score (nSPS) is 15.2. The molecule has 0 fully saturated rings. The molecule has 3 aromatic rings. The predicted molar refractivity (Wildman–Crippen MR) is 116 cm³/mol. The van der Waals surface area contributed by atoms with Gasteiger partial charge in [-0.25, -0.2) is 4.79 Å². The minimum Gasteiger partial charge on any atom is -0.497 e. The van der Waals surface area contributed by atoms with Gasteiger partial charge < -0.3 is 19.7 Å². The number of nitrogens with zero attached hydrogens (tertiary/aromatic N) is 5. The van der Waals surface area contributed by atoms with E-state index in [1.807, 2.05) is 74.4 Å². The third kappa shape index (κ3) is 4.07. The summed E-state index contributed by atoms with van der Waals surface area (Å²) in [5.41, 5.74) is 3.93. The molecule has 0 spiro atoms. The van der Waals surface area contributed by atoms with Gasteiger partial charge in [0.05, 0.1) is 12.7 Å². The molecule has 2 heterocycles. The Morgan fingerprint density at radius 1 is 1.13 bits per heavy atom. The van der Waals surface area contributed by atoms with Gasteiger partial charge in [-0.3, -0.25) is 0 Å². The van der Waals surface area contributed by atoms with Crippen LogP contribution in [0.2, 0.25) is 0 Å². The first-order chi connectivity index (χ1) is 15.0. The van der Waals surface area contributed by atoms with Crippen LogP contribution >= 0.6 is 0 Å². The summed E-state index contributed by atoms with van der Waals surface area (Å²) in [6, 6.07) is 14.8. The minimum absolute atomic E-state index is 0.147. The highest BCUT2D eigenvalue weighted by molar-refractivity contribution is 5.92. The van der Waals surface area contributed by atoms with Crippen molar-refractivity contribution >= 4 is 17.6 Å². The Hall–Kier alpha value is -3.88. The Kier molecular flexibility index (Phi) is 5.57. The van der Waals surface area contributed by atoms with E-state index in [1.54, 1.807) is 11.8 Å². The molecule has 0 radical (unpaired) electrons. The van der Waals surface area contributed by atoms with Crippen molar-refractivity contribution in [3.8, 4) is 5.75 Å². The van der Waals surface area contributed by atoms with E-state index in [9.17, 15) is 4.79 Å². The van der Waals surface area contributed by atoms with E-state index in [1.165, 1.54) is 0 Å². The molecule has 0 amide bonds. The second-order valence-corrected chi connectivity index (χ2v) is 7.42. The maximum absolute atomic E-state index is 13.2. The zero-order valence-electron chi connectivity index (χ0n) is 17.9. The lowest BCUT2D eigenvalue weighted by Crippen LogP contribution is -2.29. The number of carbonyl (C=O) groups excluding carboxylic acids is 1. The van der Waals surface area contributed by atoms with Crippen LogP contribution in [0.1, 0.15) is 24.1 Å². The molecule has 1 aliphatic heterocycles. The minimum atomic E-state index is -0.495. The van der Waals surface area contributed by atoms with E-state index in [4.69, 9.17) is 9.47 Å². The van der Waals surface area contributed by atoms with Crippen LogP contribution in [0.3, 0.4) is 0 Å². The fourth-order valence-electron chi connectivity index (χ4n) is 3.49. The zero-order chi connectivity index (χ0) is 22.0. The smallest absolute Gasteiger partial charge is 0.338 e. The Balaban J connectivity index is 1.62. The number of anilines is 2. The second kappa shape index (κ2) is 8.47. The average molecular weight is 420 g/mol. The lowest BCUT2D eigenvalue weighted by atomic mass is 9.95. The van der Waals surface area contributed by atoms with Crippen molar-refractivity contribution in [2.24, 2.45) is 0 Å². The summed E-state index contributed by atoms with van der Waals surface area (Å²) in [5, 5.41) is 15.0.